The average molecular weight is 284 g/mol. The summed E-state index contributed by atoms with van der Waals surface area (Å²) in [6, 6.07) is 8.00. The Morgan fingerprint density at radius 3 is 2.43 bits per heavy atom. The van der Waals surface area contributed by atoms with Crippen molar-refractivity contribution in [2.75, 3.05) is 11.9 Å². The summed E-state index contributed by atoms with van der Waals surface area (Å²) in [6.07, 6.45) is 4.67. The minimum atomic E-state index is -0.0194. The number of aryl methyl sites for hydroxylation is 1. The van der Waals surface area contributed by atoms with E-state index in [9.17, 15) is 0 Å². The molecular formula is C17H24N4. The molecule has 0 aliphatic heterocycles. The van der Waals surface area contributed by atoms with E-state index in [1.54, 1.807) is 0 Å². The van der Waals surface area contributed by atoms with Gasteiger partial charge in [0.25, 0.3) is 0 Å². The number of hydrogen-bond donors (Lipinski definition) is 2. The predicted octanol–water partition coefficient (Wildman–Crippen LogP) is 3.26. The molecular weight excluding hydrogens is 260 g/mol. The third kappa shape index (κ3) is 2.86. The molecule has 3 N–H and O–H groups in total. The third-order valence-electron chi connectivity index (χ3n) is 4.75. The van der Waals surface area contributed by atoms with Crippen molar-refractivity contribution < 1.29 is 0 Å². The Balaban J connectivity index is 1.91. The van der Waals surface area contributed by atoms with Crippen molar-refractivity contribution in [1.29, 1.82) is 0 Å². The van der Waals surface area contributed by atoms with E-state index in [2.05, 4.69) is 17.2 Å². The Kier molecular flexibility index (Phi) is 3.81. The Morgan fingerprint density at radius 2 is 1.81 bits per heavy atom. The second-order valence-corrected chi connectivity index (χ2v) is 6.44. The number of anilines is 1. The molecule has 1 aromatic carbocycles. The van der Waals surface area contributed by atoms with Gasteiger partial charge in [-0.05, 0) is 50.7 Å². The Labute approximate surface area is 126 Å². The zero-order chi connectivity index (χ0) is 14.9. The fourth-order valence-corrected chi connectivity index (χ4v) is 3.15. The van der Waals surface area contributed by atoms with Crippen LogP contribution in [0.15, 0.2) is 24.3 Å². The summed E-state index contributed by atoms with van der Waals surface area (Å²) in [4.78, 5) is 9.41. The van der Waals surface area contributed by atoms with Crippen LogP contribution in [0.3, 0.4) is 0 Å². The van der Waals surface area contributed by atoms with Gasteiger partial charge >= 0.3 is 0 Å². The zero-order valence-corrected chi connectivity index (χ0v) is 12.9. The summed E-state index contributed by atoms with van der Waals surface area (Å²) < 4.78 is 0. The SMILES string of the molecule is Cc1nc2ccccc2nc1NC1(CN)CCC(C)CC1. The van der Waals surface area contributed by atoms with Crippen LogP contribution in [-0.4, -0.2) is 22.1 Å². The van der Waals surface area contributed by atoms with Gasteiger partial charge in [0.2, 0.25) is 0 Å². The van der Waals surface area contributed by atoms with Gasteiger partial charge in [0.1, 0.15) is 5.82 Å². The lowest BCUT2D eigenvalue weighted by Crippen LogP contribution is -2.48. The topological polar surface area (TPSA) is 63.8 Å². The van der Waals surface area contributed by atoms with Gasteiger partial charge in [-0.25, -0.2) is 9.97 Å². The first kappa shape index (κ1) is 14.3. The highest BCUT2D eigenvalue weighted by Crippen LogP contribution is 2.34. The van der Waals surface area contributed by atoms with Gasteiger partial charge in [-0.15, -0.1) is 0 Å². The normalized spacial score (nSPS) is 26.0. The molecule has 0 amide bonds. The van der Waals surface area contributed by atoms with Crippen LogP contribution < -0.4 is 11.1 Å². The van der Waals surface area contributed by atoms with E-state index in [0.29, 0.717) is 6.54 Å². The Morgan fingerprint density at radius 1 is 1.19 bits per heavy atom. The van der Waals surface area contributed by atoms with Crippen LogP contribution in [0.1, 0.15) is 38.3 Å². The number of fused-ring (bicyclic) bond motifs is 1. The van der Waals surface area contributed by atoms with Crippen LogP contribution in [0.5, 0.6) is 0 Å². The summed E-state index contributed by atoms with van der Waals surface area (Å²) in [6.45, 7) is 4.98. The van der Waals surface area contributed by atoms with Gasteiger partial charge in [-0.2, -0.15) is 0 Å². The molecule has 4 nitrogen and oxygen atoms in total. The van der Waals surface area contributed by atoms with Gasteiger partial charge in [0.05, 0.1) is 22.3 Å². The average Bonchev–Trinajstić information content (AvgIpc) is 2.50. The largest absolute Gasteiger partial charge is 0.362 e. The van der Waals surface area contributed by atoms with Gasteiger partial charge in [0.15, 0.2) is 0 Å². The summed E-state index contributed by atoms with van der Waals surface area (Å²) in [5, 5.41) is 3.63. The monoisotopic (exact) mass is 284 g/mol. The van der Waals surface area contributed by atoms with Crippen LogP contribution in [0.25, 0.3) is 11.0 Å². The minimum Gasteiger partial charge on any atom is -0.362 e. The number of aromatic nitrogens is 2. The molecule has 0 spiro atoms. The molecule has 1 aliphatic rings. The lowest BCUT2D eigenvalue weighted by molar-refractivity contribution is 0.271. The fraction of sp³-hybridized carbons (Fsp3) is 0.529. The molecule has 112 valence electrons. The Hall–Kier alpha value is -1.68. The number of para-hydroxylation sites is 2. The Bertz CT molecular complexity index is 630. The molecule has 0 unspecified atom stereocenters. The minimum absolute atomic E-state index is 0.0194. The lowest BCUT2D eigenvalue weighted by atomic mass is 9.77. The third-order valence-corrected chi connectivity index (χ3v) is 4.75. The van der Waals surface area contributed by atoms with E-state index >= 15 is 0 Å². The number of nitrogens with two attached hydrogens (primary N) is 1. The maximum Gasteiger partial charge on any atom is 0.148 e. The summed E-state index contributed by atoms with van der Waals surface area (Å²) in [7, 11) is 0. The first-order chi connectivity index (χ1) is 10.1. The molecule has 1 aromatic heterocycles. The fourth-order valence-electron chi connectivity index (χ4n) is 3.15. The second-order valence-electron chi connectivity index (χ2n) is 6.44. The van der Waals surface area contributed by atoms with E-state index in [1.807, 2.05) is 31.2 Å². The molecule has 4 heteroatoms. The van der Waals surface area contributed by atoms with Crippen molar-refractivity contribution in [2.24, 2.45) is 11.7 Å². The zero-order valence-electron chi connectivity index (χ0n) is 12.9. The highest BCUT2D eigenvalue weighted by atomic mass is 15.1. The maximum absolute atomic E-state index is 6.08. The van der Waals surface area contributed by atoms with Crippen LogP contribution in [0.2, 0.25) is 0 Å². The number of nitrogens with one attached hydrogen (secondary N) is 1. The lowest BCUT2D eigenvalue weighted by Gasteiger charge is -2.40. The molecule has 3 rings (SSSR count). The number of hydrogen-bond acceptors (Lipinski definition) is 4. The molecule has 2 aromatic rings. The van der Waals surface area contributed by atoms with Crippen molar-refractivity contribution >= 4 is 16.9 Å². The highest BCUT2D eigenvalue weighted by molar-refractivity contribution is 5.76. The van der Waals surface area contributed by atoms with Gasteiger partial charge < -0.3 is 11.1 Å². The summed E-state index contributed by atoms with van der Waals surface area (Å²) in [5.74, 6) is 1.68. The molecule has 1 aliphatic carbocycles. The van der Waals surface area contributed by atoms with E-state index in [4.69, 9.17) is 10.7 Å². The first-order valence-corrected chi connectivity index (χ1v) is 7.83. The van der Waals surface area contributed by atoms with Gasteiger partial charge in [-0.3, -0.25) is 0 Å². The molecule has 1 saturated carbocycles. The van der Waals surface area contributed by atoms with E-state index in [0.717, 1.165) is 41.3 Å². The van der Waals surface area contributed by atoms with Gasteiger partial charge in [0, 0.05) is 6.54 Å². The quantitative estimate of drug-likeness (QED) is 0.908. The van der Waals surface area contributed by atoms with Gasteiger partial charge in [-0.1, -0.05) is 19.1 Å². The smallest absolute Gasteiger partial charge is 0.148 e. The first-order valence-electron chi connectivity index (χ1n) is 7.83. The molecule has 21 heavy (non-hydrogen) atoms. The van der Waals surface area contributed by atoms with Crippen molar-refractivity contribution in [3.63, 3.8) is 0 Å². The second kappa shape index (κ2) is 5.60. The van der Waals surface area contributed by atoms with Crippen LogP contribution >= 0.6 is 0 Å². The molecule has 0 atom stereocenters. The van der Waals surface area contributed by atoms with Crippen molar-refractivity contribution in [3.8, 4) is 0 Å². The number of benzene rings is 1. The number of rotatable bonds is 3. The molecule has 0 radical (unpaired) electrons. The number of nitrogens with zero attached hydrogens (tertiary/aromatic N) is 2. The molecule has 1 heterocycles. The predicted molar refractivity (Wildman–Crippen MR) is 87.3 cm³/mol. The molecule has 1 fully saturated rings. The molecule has 0 bridgehead atoms. The van der Waals surface area contributed by atoms with Crippen LogP contribution in [-0.2, 0) is 0 Å². The van der Waals surface area contributed by atoms with E-state index in [-0.39, 0.29) is 5.54 Å². The summed E-state index contributed by atoms with van der Waals surface area (Å²) in [5.41, 5.74) is 8.89. The van der Waals surface area contributed by atoms with Crippen molar-refractivity contribution in [2.45, 2.75) is 45.1 Å². The van der Waals surface area contributed by atoms with E-state index < -0.39 is 0 Å². The van der Waals surface area contributed by atoms with Crippen LogP contribution in [0.4, 0.5) is 5.82 Å². The summed E-state index contributed by atoms with van der Waals surface area (Å²) >= 11 is 0. The van der Waals surface area contributed by atoms with Crippen molar-refractivity contribution in [3.05, 3.63) is 30.0 Å². The van der Waals surface area contributed by atoms with Crippen molar-refractivity contribution in [1.82, 2.24) is 9.97 Å². The van der Waals surface area contributed by atoms with Crippen LogP contribution in [0, 0.1) is 12.8 Å². The highest BCUT2D eigenvalue weighted by Gasteiger charge is 2.33. The standard InChI is InChI=1S/C17H24N4/c1-12-7-9-17(11-18,10-8-12)21-16-13(2)19-14-5-3-4-6-15(14)20-16/h3-6,12H,7-11,18H2,1-2H3,(H,20,21). The van der Waals surface area contributed by atoms with E-state index in [1.165, 1.54) is 12.8 Å². The molecule has 0 saturated heterocycles. The maximum atomic E-state index is 6.08.